The van der Waals surface area contributed by atoms with Crippen molar-refractivity contribution in [1.29, 1.82) is 0 Å². The number of allylic oxidation sites excluding steroid dienone is 4. The van der Waals surface area contributed by atoms with Crippen LogP contribution < -0.4 is 0 Å². The number of aromatic nitrogens is 1. The molecule has 1 nitrogen and oxygen atoms in total. The molecule has 12 heavy (non-hydrogen) atoms. The van der Waals surface area contributed by atoms with Crippen LogP contribution in [0.15, 0.2) is 42.8 Å². The number of pyridine rings is 1. The van der Waals surface area contributed by atoms with Crippen molar-refractivity contribution in [2.24, 2.45) is 0 Å². The molecule has 0 saturated carbocycles. The van der Waals surface area contributed by atoms with E-state index in [0.29, 0.717) is 0 Å². The summed E-state index contributed by atoms with van der Waals surface area (Å²) < 4.78 is 0. The van der Waals surface area contributed by atoms with Crippen LogP contribution in [0.3, 0.4) is 0 Å². The second-order valence-corrected chi connectivity index (χ2v) is 2.61. The largest absolute Gasteiger partial charge is 0.264 e. The molecule has 58 valence electrons. The van der Waals surface area contributed by atoms with Crippen LogP contribution in [-0.4, -0.2) is 4.98 Å². The summed E-state index contributed by atoms with van der Waals surface area (Å²) in [6, 6.07) is 2.01. The third-order valence-corrected chi connectivity index (χ3v) is 1.77. The Kier molecular flexibility index (Phi) is 1.87. The molecule has 1 heterocycles. The van der Waals surface area contributed by atoms with Gasteiger partial charge in [0.15, 0.2) is 0 Å². The van der Waals surface area contributed by atoms with Gasteiger partial charge in [-0.2, -0.15) is 0 Å². The molecular weight excluding hydrogens is 146 g/mol. The van der Waals surface area contributed by atoms with Gasteiger partial charge in [0.1, 0.15) is 0 Å². The lowest BCUT2D eigenvalue weighted by molar-refractivity contribution is 1.31. The van der Waals surface area contributed by atoms with Gasteiger partial charge in [-0.1, -0.05) is 36.5 Å². The van der Waals surface area contributed by atoms with Gasteiger partial charge in [-0.3, -0.25) is 4.98 Å². The van der Waals surface area contributed by atoms with E-state index in [1.54, 1.807) is 0 Å². The summed E-state index contributed by atoms with van der Waals surface area (Å²) in [5.41, 5.74) is 2.38. The van der Waals surface area contributed by atoms with Crippen molar-refractivity contribution in [1.82, 2.24) is 4.98 Å². The molecular formula is C11H9N. The summed E-state index contributed by atoms with van der Waals surface area (Å²) in [6.45, 7) is 0. The topological polar surface area (TPSA) is 12.9 Å². The van der Waals surface area contributed by atoms with Crippen LogP contribution in [0.2, 0.25) is 0 Å². The van der Waals surface area contributed by atoms with Crippen LogP contribution in [0.25, 0.3) is 12.2 Å². The van der Waals surface area contributed by atoms with E-state index in [9.17, 15) is 0 Å². The van der Waals surface area contributed by atoms with E-state index in [1.807, 2.05) is 42.8 Å². The van der Waals surface area contributed by atoms with Gasteiger partial charge in [0.05, 0.1) is 0 Å². The molecule has 1 aromatic rings. The molecule has 0 atom stereocenters. The zero-order valence-electron chi connectivity index (χ0n) is 6.64. The van der Waals surface area contributed by atoms with Gasteiger partial charge in [-0.15, -0.1) is 0 Å². The minimum absolute atomic E-state index is 1.16. The number of rotatable bonds is 0. The van der Waals surface area contributed by atoms with Crippen molar-refractivity contribution in [2.45, 2.75) is 0 Å². The smallest absolute Gasteiger partial charge is 0.0346 e. The first-order valence-electron chi connectivity index (χ1n) is 3.92. The average Bonchev–Trinajstić information content (AvgIpc) is 2.06. The Balaban J connectivity index is 2.54. The summed E-state index contributed by atoms with van der Waals surface area (Å²) in [5.74, 6) is 0. The highest BCUT2D eigenvalue weighted by atomic mass is 14.6. The molecule has 0 N–H and O–H groups in total. The molecule has 1 aliphatic rings. The van der Waals surface area contributed by atoms with Gasteiger partial charge in [-0.25, -0.2) is 0 Å². The van der Waals surface area contributed by atoms with Crippen LogP contribution in [0.5, 0.6) is 0 Å². The van der Waals surface area contributed by atoms with Crippen molar-refractivity contribution in [2.75, 3.05) is 0 Å². The Labute approximate surface area is 71.8 Å². The normalized spacial score (nSPS) is 21.7. The molecule has 0 radical (unpaired) electrons. The number of hydrogen-bond acceptors (Lipinski definition) is 1. The van der Waals surface area contributed by atoms with Crippen molar-refractivity contribution in [3.8, 4) is 0 Å². The van der Waals surface area contributed by atoms with E-state index in [-0.39, 0.29) is 0 Å². The van der Waals surface area contributed by atoms with E-state index in [2.05, 4.69) is 17.1 Å². The van der Waals surface area contributed by atoms with Crippen LogP contribution >= 0.6 is 0 Å². The molecule has 1 aromatic heterocycles. The van der Waals surface area contributed by atoms with E-state index in [1.165, 1.54) is 5.56 Å². The highest BCUT2D eigenvalue weighted by molar-refractivity contribution is 5.66. The van der Waals surface area contributed by atoms with E-state index in [4.69, 9.17) is 0 Å². The SMILES string of the molecule is C1=C\C=C/c2cnccc2\C=C/1. The highest BCUT2D eigenvalue weighted by Gasteiger charge is 1.94. The molecule has 0 saturated heterocycles. The summed E-state index contributed by atoms with van der Waals surface area (Å²) in [7, 11) is 0. The second kappa shape index (κ2) is 3.18. The fourth-order valence-electron chi connectivity index (χ4n) is 1.16. The molecule has 0 fully saturated rings. The van der Waals surface area contributed by atoms with Crippen LogP contribution in [0, 0.1) is 0 Å². The fraction of sp³-hybridized carbons (Fsp3) is 0. The second-order valence-electron chi connectivity index (χ2n) is 2.61. The summed E-state index contributed by atoms with van der Waals surface area (Å²) in [6.07, 6.45) is 15.9. The lowest BCUT2D eigenvalue weighted by Crippen LogP contribution is -1.82. The quantitative estimate of drug-likeness (QED) is 0.561. The summed E-state index contributed by atoms with van der Waals surface area (Å²) >= 11 is 0. The number of fused-ring (bicyclic) bond motifs is 1. The minimum Gasteiger partial charge on any atom is -0.264 e. The number of hydrogen-bond donors (Lipinski definition) is 0. The molecule has 0 amide bonds. The van der Waals surface area contributed by atoms with Crippen molar-refractivity contribution >= 4 is 12.2 Å². The molecule has 0 unspecified atom stereocenters. The summed E-state index contributed by atoms with van der Waals surface area (Å²) in [4.78, 5) is 4.06. The van der Waals surface area contributed by atoms with E-state index in [0.717, 1.165) is 5.56 Å². The third-order valence-electron chi connectivity index (χ3n) is 1.77. The van der Waals surface area contributed by atoms with Crippen molar-refractivity contribution in [3.63, 3.8) is 0 Å². The number of nitrogens with zero attached hydrogens (tertiary/aromatic N) is 1. The lowest BCUT2D eigenvalue weighted by atomic mass is 10.1. The van der Waals surface area contributed by atoms with Crippen molar-refractivity contribution in [3.05, 3.63) is 53.9 Å². The Hall–Kier alpha value is -1.63. The maximum Gasteiger partial charge on any atom is 0.0346 e. The van der Waals surface area contributed by atoms with E-state index < -0.39 is 0 Å². The molecule has 2 rings (SSSR count). The standard InChI is InChI=1S/C11H9N/c1-2-4-6-11-9-12-8-7-10(11)5-3-1/h1-9H/b2-1-,3-1?,4-2?,5-3-,6-4-,10-5?,11-6?. The molecule has 0 bridgehead atoms. The Morgan fingerprint density at radius 2 is 1.58 bits per heavy atom. The third kappa shape index (κ3) is 1.35. The zero-order valence-corrected chi connectivity index (χ0v) is 6.64. The fourth-order valence-corrected chi connectivity index (χ4v) is 1.16. The van der Waals surface area contributed by atoms with Gasteiger partial charge in [-0.05, 0) is 17.2 Å². The zero-order chi connectivity index (χ0) is 8.23. The first kappa shape index (κ1) is 7.04. The van der Waals surface area contributed by atoms with Crippen LogP contribution in [0.1, 0.15) is 11.1 Å². The average molecular weight is 155 g/mol. The molecule has 0 aliphatic heterocycles. The van der Waals surface area contributed by atoms with Gasteiger partial charge in [0.2, 0.25) is 0 Å². The maximum atomic E-state index is 4.06. The van der Waals surface area contributed by atoms with Crippen molar-refractivity contribution < 1.29 is 0 Å². The Morgan fingerprint density at radius 1 is 0.833 bits per heavy atom. The maximum absolute atomic E-state index is 4.06. The van der Waals surface area contributed by atoms with Crippen LogP contribution in [-0.2, 0) is 0 Å². The van der Waals surface area contributed by atoms with Crippen LogP contribution in [0.4, 0.5) is 0 Å². The predicted molar refractivity (Wildman–Crippen MR) is 51.4 cm³/mol. The molecule has 1 heteroatoms. The van der Waals surface area contributed by atoms with Gasteiger partial charge in [0.25, 0.3) is 0 Å². The van der Waals surface area contributed by atoms with Gasteiger partial charge >= 0.3 is 0 Å². The first-order chi connectivity index (χ1) is 5.97. The molecule has 1 aliphatic carbocycles. The summed E-state index contributed by atoms with van der Waals surface area (Å²) in [5, 5.41) is 0. The Morgan fingerprint density at radius 3 is 2.42 bits per heavy atom. The van der Waals surface area contributed by atoms with Gasteiger partial charge in [0, 0.05) is 12.4 Å². The lowest BCUT2D eigenvalue weighted by Gasteiger charge is -1.99. The highest BCUT2D eigenvalue weighted by Crippen LogP contribution is 2.12. The molecule has 0 aromatic carbocycles. The minimum atomic E-state index is 1.16. The predicted octanol–water partition coefficient (Wildman–Crippen LogP) is 2.68. The monoisotopic (exact) mass is 155 g/mol. The Bertz CT molecular complexity index is 324. The van der Waals surface area contributed by atoms with E-state index >= 15 is 0 Å². The first-order valence-corrected chi connectivity index (χ1v) is 3.92. The van der Waals surface area contributed by atoms with Gasteiger partial charge < -0.3 is 0 Å². The molecule has 0 spiro atoms.